The van der Waals surface area contributed by atoms with Gasteiger partial charge in [0.2, 0.25) is 0 Å². The first-order valence-electron chi connectivity index (χ1n) is 3.83. The van der Waals surface area contributed by atoms with Crippen molar-refractivity contribution in [3.8, 4) is 0 Å². The van der Waals surface area contributed by atoms with Crippen LogP contribution in [-0.4, -0.2) is 13.1 Å². The van der Waals surface area contributed by atoms with E-state index in [1.54, 1.807) is 0 Å². The summed E-state index contributed by atoms with van der Waals surface area (Å²) in [7, 11) is 0. The molecule has 0 aliphatic heterocycles. The molecule has 0 aliphatic rings. The van der Waals surface area contributed by atoms with Gasteiger partial charge in [-0.3, -0.25) is 0 Å². The van der Waals surface area contributed by atoms with E-state index in [4.69, 9.17) is 0 Å². The summed E-state index contributed by atoms with van der Waals surface area (Å²) in [6, 6.07) is 0. The van der Waals surface area contributed by atoms with Crippen LogP contribution in [-0.2, 0) is 26.2 Å². The zero-order valence-corrected chi connectivity index (χ0v) is 10.0. The van der Waals surface area contributed by atoms with Crippen molar-refractivity contribution in [3.63, 3.8) is 0 Å². The Morgan fingerprint density at radius 1 is 0.900 bits per heavy atom. The van der Waals surface area contributed by atoms with Gasteiger partial charge in [-0.1, -0.05) is 27.7 Å². The first kappa shape index (κ1) is 13.4. The summed E-state index contributed by atoms with van der Waals surface area (Å²) in [5.74, 6) is 1.56. The number of rotatable bonds is 4. The Morgan fingerprint density at radius 2 is 1.20 bits per heavy atom. The van der Waals surface area contributed by atoms with Crippen molar-refractivity contribution in [1.29, 1.82) is 0 Å². The monoisotopic (exact) mass is 219 g/mol. The van der Waals surface area contributed by atoms with Gasteiger partial charge < -0.3 is 5.32 Å². The second-order valence-corrected chi connectivity index (χ2v) is 3.45. The maximum atomic E-state index is 3.38. The number of hydrogen-bond acceptors (Lipinski definition) is 1. The second-order valence-electron chi connectivity index (χ2n) is 3.45. The second kappa shape index (κ2) is 7.94. The molecule has 0 fully saturated rings. The molecule has 10 heavy (non-hydrogen) atoms. The van der Waals surface area contributed by atoms with Crippen LogP contribution in [0.5, 0.6) is 0 Å². The van der Waals surface area contributed by atoms with Crippen LogP contribution in [0, 0.1) is 11.8 Å². The largest absolute Gasteiger partial charge is 0.316 e. The van der Waals surface area contributed by atoms with Gasteiger partial charge in [0.25, 0.3) is 0 Å². The van der Waals surface area contributed by atoms with Gasteiger partial charge in [-0.15, -0.1) is 0 Å². The molecule has 0 aromatic rings. The van der Waals surface area contributed by atoms with Gasteiger partial charge in [0, 0.05) is 26.2 Å². The molecule has 0 aromatic heterocycles. The van der Waals surface area contributed by atoms with E-state index in [0.29, 0.717) is 0 Å². The van der Waals surface area contributed by atoms with E-state index in [9.17, 15) is 0 Å². The van der Waals surface area contributed by atoms with Crippen LogP contribution >= 0.6 is 0 Å². The summed E-state index contributed by atoms with van der Waals surface area (Å²) in [5, 5.41) is 3.38. The first-order valence-corrected chi connectivity index (χ1v) is 3.83. The van der Waals surface area contributed by atoms with Crippen LogP contribution in [0.15, 0.2) is 0 Å². The van der Waals surface area contributed by atoms with Crippen molar-refractivity contribution >= 4 is 0 Å². The smallest absolute Gasteiger partial charge is 0 e. The Bertz CT molecular complexity index is 54.3. The molecule has 0 saturated heterocycles. The van der Waals surface area contributed by atoms with E-state index in [1.807, 2.05) is 0 Å². The Balaban J connectivity index is 0. The minimum absolute atomic E-state index is 0. The number of hydrogen-bond donors (Lipinski definition) is 1. The first-order chi connectivity index (χ1) is 4.13. The predicted molar refractivity (Wildman–Crippen MR) is 42.5 cm³/mol. The summed E-state index contributed by atoms with van der Waals surface area (Å²) in [4.78, 5) is 0. The zero-order valence-electron chi connectivity index (χ0n) is 7.57. The van der Waals surface area contributed by atoms with Gasteiger partial charge in [0.1, 0.15) is 0 Å². The van der Waals surface area contributed by atoms with Gasteiger partial charge in [0.15, 0.2) is 0 Å². The normalized spacial score (nSPS) is 10.2. The Kier molecular flexibility index (Phi) is 10.7. The summed E-state index contributed by atoms with van der Waals surface area (Å²) in [6.07, 6.45) is 0. The van der Waals surface area contributed by atoms with Crippen molar-refractivity contribution in [3.05, 3.63) is 0 Å². The quantitative estimate of drug-likeness (QED) is 0.763. The fourth-order valence-electron chi connectivity index (χ4n) is 0.661. The molecule has 0 rings (SSSR count). The van der Waals surface area contributed by atoms with Gasteiger partial charge >= 0.3 is 0 Å². The maximum Gasteiger partial charge on any atom is 0 e. The fraction of sp³-hybridized carbons (Fsp3) is 1.00. The van der Waals surface area contributed by atoms with Gasteiger partial charge in [0.05, 0.1) is 0 Å². The molecule has 0 bridgehead atoms. The molecule has 0 spiro atoms. The van der Waals surface area contributed by atoms with Crippen LogP contribution < -0.4 is 5.32 Å². The molecule has 1 N–H and O–H groups in total. The summed E-state index contributed by atoms with van der Waals surface area (Å²) >= 11 is 0. The van der Waals surface area contributed by atoms with E-state index in [0.717, 1.165) is 24.9 Å². The van der Waals surface area contributed by atoms with Crippen LogP contribution in [0.3, 0.4) is 0 Å². The Labute approximate surface area is 84.1 Å². The molecule has 0 radical (unpaired) electrons. The third kappa shape index (κ3) is 11.6. The van der Waals surface area contributed by atoms with E-state index in [1.165, 1.54) is 0 Å². The molecule has 2 heteroatoms. The molecule has 0 unspecified atom stereocenters. The minimum atomic E-state index is 0. The molecule has 1 nitrogen and oxygen atoms in total. The maximum absolute atomic E-state index is 3.38. The van der Waals surface area contributed by atoms with Crippen molar-refractivity contribution in [2.45, 2.75) is 27.7 Å². The average Bonchev–Trinajstić information content (AvgIpc) is 1.63. The topological polar surface area (TPSA) is 12.0 Å². The summed E-state index contributed by atoms with van der Waals surface area (Å²) < 4.78 is 0. The Hall–Kier alpha value is 0.843. The molecule has 0 atom stereocenters. The standard InChI is InChI=1S/C8H19N.Zr/c1-7(2)5-9-6-8(3)4;/h7-9H,5-6H2,1-4H3;. The van der Waals surface area contributed by atoms with Crippen molar-refractivity contribution in [2.75, 3.05) is 13.1 Å². The number of nitrogens with one attached hydrogen (secondary N) is 1. The van der Waals surface area contributed by atoms with E-state index < -0.39 is 0 Å². The van der Waals surface area contributed by atoms with E-state index in [2.05, 4.69) is 33.0 Å². The van der Waals surface area contributed by atoms with Crippen LogP contribution in [0.25, 0.3) is 0 Å². The van der Waals surface area contributed by atoms with Crippen LogP contribution in [0.1, 0.15) is 27.7 Å². The zero-order chi connectivity index (χ0) is 7.28. The summed E-state index contributed by atoms with van der Waals surface area (Å²) in [6.45, 7) is 11.2. The minimum Gasteiger partial charge on any atom is -0.316 e. The third-order valence-corrected chi connectivity index (χ3v) is 1.11. The molecular weight excluding hydrogens is 201 g/mol. The third-order valence-electron chi connectivity index (χ3n) is 1.11. The van der Waals surface area contributed by atoms with Crippen LogP contribution in [0.4, 0.5) is 0 Å². The van der Waals surface area contributed by atoms with Gasteiger partial charge in [-0.05, 0) is 24.9 Å². The molecule has 0 heterocycles. The SMILES string of the molecule is CC(C)CNCC(C)C.[Zr]. The van der Waals surface area contributed by atoms with E-state index >= 15 is 0 Å². The fourth-order valence-corrected chi connectivity index (χ4v) is 0.661. The molecule has 0 aromatic carbocycles. The van der Waals surface area contributed by atoms with Crippen molar-refractivity contribution in [1.82, 2.24) is 5.32 Å². The van der Waals surface area contributed by atoms with Crippen LogP contribution in [0.2, 0.25) is 0 Å². The predicted octanol–water partition coefficient (Wildman–Crippen LogP) is 1.89. The Morgan fingerprint density at radius 3 is 1.40 bits per heavy atom. The van der Waals surface area contributed by atoms with Crippen molar-refractivity contribution in [2.24, 2.45) is 11.8 Å². The van der Waals surface area contributed by atoms with Gasteiger partial charge in [-0.2, -0.15) is 0 Å². The molecular formula is C8H19NZr. The molecule has 60 valence electrons. The molecule has 0 aliphatic carbocycles. The molecule has 0 amide bonds. The van der Waals surface area contributed by atoms with Crippen molar-refractivity contribution < 1.29 is 26.2 Å². The summed E-state index contributed by atoms with van der Waals surface area (Å²) in [5.41, 5.74) is 0. The average molecular weight is 220 g/mol. The van der Waals surface area contributed by atoms with E-state index in [-0.39, 0.29) is 26.2 Å². The van der Waals surface area contributed by atoms with Gasteiger partial charge in [-0.25, -0.2) is 0 Å². The molecule has 0 saturated carbocycles.